The SMILES string of the molecule is O=C(O)c1cnn(-c2cccc(-c3ccccc3OCc3ccc(C4CC4c4ccccc4)cc3)n2)c1C(F)(F)F. The highest BCUT2D eigenvalue weighted by molar-refractivity contribution is 5.89. The number of benzene rings is 3. The summed E-state index contributed by atoms with van der Waals surface area (Å²) in [5.41, 5.74) is 2.23. The van der Waals surface area contributed by atoms with Crippen LogP contribution in [0.2, 0.25) is 0 Å². The highest BCUT2D eigenvalue weighted by Gasteiger charge is 2.41. The van der Waals surface area contributed by atoms with E-state index in [-0.39, 0.29) is 5.82 Å². The number of aromatic carboxylic acids is 1. The lowest BCUT2D eigenvalue weighted by Crippen LogP contribution is -2.18. The fourth-order valence-electron chi connectivity index (χ4n) is 5.10. The van der Waals surface area contributed by atoms with Gasteiger partial charge in [0.05, 0.1) is 11.9 Å². The molecule has 0 saturated heterocycles. The predicted octanol–water partition coefficient (Wildman–Crippen LogP) is 7.50. The van der Waals surface area contributed by atoms with Gasteiger partial charge < -0.3 is 9.84 Å². The molecule has 5 aromatic rings. The average molecular weight is 556 g/mol. The van der Waals surface area contributed by atoms with E-state index in [4.69, 9.17) is 4.74 Å². The summed E-state index contributed by atoms with van der Waals surface area (Å²) in [5.74, 6) is -0.305. The third-order valence-corrected chi connectivity index (χ3v) is 7.20. The molecule has 2 unspecified atom stereocenters. The minimum absolute atomic E-state index is 0.165. The van der Waals surface area contributed by atoms with Gasteiger partial charge in [-0.1, -0.05) is 72.8 Å². The molecule has 0 spiro atoms. The molecule has 1 fully saturated rings. The van der Waals surface area contributed by atoms with Gasteiger partial charge in [-0.05, 0) is 59.2 Å². The van der Waals surface area contributed by atoms with Crippen molar-refractivity contribution in [3.8, 4) is 22.8 Å². The summed E-state index contributed by atoms with van der Waals surface area (Å²) in [6.07, 6.45) is -3.13. The van der Waals surface area contributed by atoms with Crippen LogP contribution in [-0.4, -0.2) is 25.8 Å². The number of halogens is 3. The van der Waals surface area contributed by atoms with Crippen LogP contribution >= 0.6 is 0 Å². The lowest BCUT2D eigenvalue weighted by molar-refractivity contribution is -0.143. The Bertz CT molecular complexity index is 1700. The molecule has 9 heteroatoms. The third-order valence-electron chi connectivity index (χ3n) is 7.20. The van der Waals surface area contributed by atoms with Crippen LogP contribution in [0.3, 0.4) is 0 Å². The molecule has 1 aliphatic rings. The summed E-state index contributed by atoms with van der Waals surface area (Å²) in [6, 6.07) is 30.5. The molecule has 0 bridgehead atoms. The van der Waals surface area contributed by atoms with E-state index in [0.29, 0.717) is 46.3 Å². The van der Waals surface area contributed by atoms with Crippen LogP contribution in [0.4, 0.5) is 13.2 Å². The molecule has 6 rings (SSSR count). The third kappa shape index (κ3) is 5.43. The second-order valence-corrected chi connectivity index (χ2v) is 9.89. The molecule has 6 nitrogen and oxygen atoms in total. The Kier molecular flexibility index (Phi) is 6.78. The highest BCUT2D eigenvalue weighted by atomic mass is 19.4. The number of rotatable bonds is 8. The molecule has 1 aliphatic carbocycles. The van der Waals surface area contributed by atoms with Gasteiger partial charge in [0.15, 0.2) is 11.5 Å². The van der Waals surface area contributed by atoms with Gasteiger partial charge in [0.25, 0.3) is 0 Å². The normalized spacial score (nSPS) is 16.4. The molecule has 1 saturated carbocycles. The first kappa shape index (κ1) is 26.3. The minimum atomic E-state index is -4.94. The van der Waals surface area contributed by atoms with Gasteiger partial charge in [0.2, 0.25) is 0 Å². The van der Waals surface area contributed by atoms with Crippen molar-refractivity contribution in [3.05, 3.63) is 131 Å². The molecule has 0 aliphatic heterocycles. The quantitative estimate of drug-likeness (QED) is 0.215. The van der Waals surface area contributed by atoms with Crippen LogP contribution in [0.5, 0.6) is 5.75 Å². The Hall–Kier alpha value is -4.92. The summed E-state index contributed by atoms with van der Waals surface area (Å²) >= 11 is 0. The number of alkyl halides is 3. The summed E-state index contributed by atoms with van der Waals surface area (Å²) in [4.78, 5) is 15.7. The van der Waals surface area contributed by atoms with Crippen LogP contribution in [0, 0.1) is 0 Å². The van der Waals surface area contributed by atoms with E-state index in [9.17, 15) is 23.1 Å². The minimum Gasteiger partial charge on any atom is -0.488 e. The number of pyridine rings is 1. The van der Waals surface area contributed by atoms with Gasteiger partial charge >= 0.3 is 12.1 Å². The average Bonchev–Trinajstić information content (AvgIpc) is 3.64. The lowest BCUT2D eigenvalue weighted by atomic mass is 10.0. The number of para-hydroxylation sites is 1. The zero-order valence-corrected chi connectivity index (χ0v) is 21.6. The van der Waals surface area contributed by atoms with Crippen molar-refractivity contribution in [1.29, 1.82) is 0 Å². The van der Waals surface area contributed by atoms with E-state index in [1.807, 2.05) is 18.2 Å². The van der Waals surface area contributed by atoms with Gasteiger partial charge in [0.1, 0.15) is 17.9 Å². The second-order valence-electron chi connectivity index (χ2n) is 9.89. The fourth-order valence-corrected chi connectivity index (χ4v) is 5.10. The van der Waals surface area contributed by atoms with E-state index in [1.54, 1.807) is 30.3 Å². The van der Waals surface area contributed by atoms with Crippen LogP contribution in [0.1, 0.15) is 51.0 Å². The molecule has 0 amide bonds. The molecule has 206 valence electrons. The monoisotopic (exact) mass is 555 g/mol. The molecular formula is C32H24F3N3O3. The van der Waals surface area contributed by atoms with E-state index in [2.05, 4.69) is 46.5 Å². The van der Waals surface area contributed by atoms with Crippen molar-refractivity contribution in [2.75, 3.05) is 0 Å². The zero-order chi connectivity index (χ0) is 28.6. The Morgan fingerprint density at radius 1 is 0.878 bits per heavy atom. The van der Waals surface area contributed by atoms with E-state index < -0.39 is 23.4 Å². The molecule has 2 heterocycles. The highest BCUT2D eigenvalue weighted by Crippen LogP contribution is 2.54. The number of carboxylic acids is 1. The van der Waals surface area contributed by atoms with Gasteiger partial charge in [-0.2, -0.15) is 18.3 Å². The standard InChI is InChI=1S/C32H24F3N3O3/c33-32(34,35)30-26(31(39)40)18-36-38(30)29-12-6-10-27(37-29)23-9-4-5-11-28(23)41-19-20-13-15-22(16-14-20)25-17-24(25)21-7-2-1-3-8-21/h1-16,18,24-25H,17,19H2,(H,39,40). The lowest BCUT2D eigenvalue weighted by Gasteiger charge is -2.14. The van der Waals surface area contributed by atoms with Crippen LogP contribution < -0.4 is 4.74 Å². The summed E-state index contributed by atoms with van der Waals surface area (Å²) in [5, 5.41) is 12.9. The van der Waals surface area contributed by atoms with Crippen LogP contribution in [-0.2, 0) is 12.8 Å². The maximum absolute atomic E-state index is 13.7. The van der Waals surface area contributed by atoms with E-state index in [1.165, 1.54) is 23.3 Å². The maximum atomic E-state index is 13.7. The molecule has 3 aromatic carbocycles. The Morgan fingerprint density at radius 3 is 2.27 bits per heavy atom. The van der Waals surface area contributed by atoms with Crippen LogP contribution in [0.15, 0.2) is 103 Å². The topological polar surface area (TPSA) is 77.2 Å². The Morgan fingerprint density at radius 2 is 1.56 bits per heavy atom. The molecular weight excluding hydrogens is 531 g/mol. The number of aromatic nitrogens is 3. The van der Waals surface area contributed by atoms with E-state index >= 15 is 0 Å². The number of hydrogen-bond donors (Lipinski definition) is 1. The number of ether oxygens (including phenoxy) is 1. The first-order valence-electron chi connectivity index (χ1n) is 13.0. The second kappa shape index (κ2) is 10.6. The molecule has 2 aromatic heterocycles. The zero-order valence-electron chi connectivity index (χ0n) is 21.6. The van der Waals surface area contributed by atoms with Crippen molar-refractivity contribution in [2.45, 2.75) is 31.0 Å². The largest absolute Gasteiger partial charge is 0.488 e. The number of nitrogens with zero attached hydrogens (tertiary/aromatic N) is 3. The molecule has 0 radical (unpaired) electrons. The Labute approximate surface area is 233 Å². The van der Waals surface area contributed by atoms with Gasteiger partial charge in [-0.15, -0.1) is 0 Å². The number of carboxylic acid groups (broad SMARTS) is 1. The van der Waals surface area contributed by atoms with Crippen molar-refractivity contribution in [3.63, 3.8) is 0 Å². The van der Waals surface area contributed by atoms with Crippen molar-refractivity contribution >= 4 is 5.97 Å². The summed E-state index contributed by atoms with van der Waals surface area (Å²) in [7, 11) is 0. The first-order valence-corrected chi connectivity index (χ1v) is 13.0. The van der Waals surface area contributed by atoms with Crippen molar-refractivity contribution < 1.29 is 27.8 Å². The first-order chi connectivity index (χ1) is 19.8. The van der Waals surface area contributed by atoms with Crippen molar-refractivity contribution in [1.82, 2.24) is 14.8 Å². The van der Waals surface area contributed by atoms with Gasteiger partial charge in [-0.25, -0.2) is 14.5 Å². The predicted molar refractivity (Wildman–Crippen MR) is 146 cm³/mol. The summed E-state index contributed by atoms with van der Waals surface area (Å²) in [6.45, 7) is 0.295. The van der Waals surface area contributed by atoms with Gasteiger partial charge in [-0.3, -0.25) is 0 Å². The van der Waals surface area contributed by atoms with Crippen molar-refractivity contribution in [2.24, 2.45) is 0 Å². The molecule has 41 heavy (non-hydrogen) atoms. The number of hydrogen-bond acceptors (Lipinski definition) is 4. The van der Waals surface area contributed by atoms with Gasteiger partial charge in [0, 0.05) is 5.56 Å². The fraction of sp³-hybridized carbons (Fsp3) is 0.156. The van der Waals surface area contributed by atoms with E-state index in [0.717, 1.165) is 12.0 Å². The molecule has 1 N–H and O–H groups in total. The maximum Gasteiger partial charge on any atom is 0.434 e. The van der Waals surface area contributed by atoms with Crippen LogP contribution in [0.25, 0.3) is 17.1 Å². The smallest absolute Gasteiger partial charge is 0.434 e. The molecule has 2 atom stereocenters. The summed E-state index contributed by atoms with van der Waals surface area (Å²) < 4.78 is 47.8. The number of carbonyl (C=O) groups is 1. The Balaban J connectivity index is 1.20.